The highest BCUT2D eigenvalue weighted by molar-refractivity contribution is 7.98. The molecule has 19 heavy (non-hydrogen) atoms. The van der Waals surface area contributed by atoms with Crippen molar-refractivity contribution in [2.45, 2.75) is 17.3 Å². The minimum absolute atomic E-state index is 0.0350. The predicted molar refractivity (Wildman–Crippen MR) is 73.3 cm³/mol. The molecule has 0 aliphatic heterocycles. The Morgan fingerprint density at radius 2 is 1.58 bits per heavy atom. The van der Waals surface area contributed by atoms with Crippen molar-refractivity contribution in [3.8, 4) is 0 Å². The highest BCUT2D eigenvalue weighted by Gasteiger charge is 2.11. The van der Waals surface area contributed by atoms with Gasteiger partial charge in [-0.3, -0.25) is 0 Å². The maximum atomic E-state index is 13.7. The second-order valence-corrected chi connectivity index (χ2v) is 5.38. The molecule has 0 fully saturated rings. The molecule has 0 saturated carbocycles. The highest BCUT2D eigenvalue weighted by atomic mass is 35.5. The zero-order valence-electron chi connectivity index (χ0n) is 9.87. The summed E-state index contributed by atoms with van der Waals surface area (Å²) in [5, 5.41) is 9.48. The van der Waals surface area contributed by atoms with Gasteiger partial charge in [-0.2, -0.15) is 0 Å². The Labute approximate surface area is 119 Å². The summed E-state index contributed by atoms with van der Waals surface area (Å²) in [5.74, 6) is -0.852. The molecule has 2 aromatic carbocycles. The molecular weight excluding hydrogens is 290 g/mol. The SMILES string of the molecule is OCc1cc(F)c(SCc2ccc(Cl)cc2)c(F)c1. The van der Waals surface area contributed by atoms with Crippen LogP contribution in [0.25, 0.3) is 0 Å². The van der Waals surface area contributed by atoms with Gasteiger partial charge in [0.2, 0.25) is 0 Å². The van der Waals surface area contributed by atoms with Crippen molar-refractivity contribution in [1.29, 1.82) is 0 Å². The van der Waals surface area contributed by atoms with Gasteiger partial charge in [-0.05, 0) is 35.4 Å². The third-order valence-electron chi connectivity index (χ3n) is 2.54. The first-order valence-corrected chi connectivity index (χ1v) is 6.92. The topological polar surface area (TPSA) is 20.2 Å². The molecule has 0 atom stereocenters. The largest absolute Gasteiger partial charge is 0.392 e. The van der Waals surface area contributed by atoms with Gasteiger partial charge in [0, 0.05) is 10.8 Å². The van der Waals surface area contributed by atoms with Crippen LogP contribution in [0.3, 0.4) is 0 Å². The maximum absolute atomic E-state index is 13.7. The molecule has 0 aromatic heterocycles. The molecule has 100 valence electrons. The van der Waals surface area contributed by atoms with E-state index in [0.717, 1.165) is 29.5 Å². The van der Waals surface area contributed by atoms with Crippen molar-refractivity contribution in [2.24, 2.45) is 0 Å². The number of halogens is 3. The van der Waals surface area contributed by atoms with Crippen molar-refractivity contribution in [3.05, 3.63) is 64.2 Å². The van der Waals surface area contributed by atoms with Crippen LogP contribution in [0, 0.1) is 11.6 Å². The monoisotopic (exact) mass is 300 g/mol. The number of benzene rings is 2. The molecule has 1 nitrogen and oxygen atoms in total. The van der Waals surface area contributed by atoms with Gasteiger partial charge in [0.05, 0.1) is 11.5 Å². The van der Waals surface area contributed by atoms with E-state index in [1.54, 1.807) is 12.1 Å². The van der Waals surface area contributed by atoms with Crippen LogP contribution < -0.4 is 0 Å². The Bertz CT molecular complexity index is 549. The van der Waals surface area contributed by atoms with Crippen LogP contribution >= 0.6 is 23.4 Å². The molecule has 2 aromatic rings. The van der Waals surface area contributed by atoms with Gasteiger partial charge in [0.15, 0.2) is 0 Å². The molecular formula is C14H11ClF2OS. The zero-order valence-corrected chi connectivity index (χ0v) is 11.4. The summed E-state index contributed by atoms with van der Waals surface area (Å²) in [6.45, 7) is -0.379. The average Bonchev–Trinajstić information content (AvgIpc) is 2.39. The van der Waals surface area contributed by atoms with Crippen molar-refractivity contribution in [1.82, 2.24) is 0 Å². The van der Waals surface area contributed by atoms with Gasteiger partial charge in [-0.1, -0.05) is 23.7 Å². The lowest BCUT2D eigenvalue weighted by atomic mass is 10.2. The quantitative estimate of drug-likeness (QED) is 0.844. The van der Waals surface area contributed by atoms with E-state index >= 15 is 0 Å². The van der Waals surface area contributed by atoms with E-state index in [-0.39, 0.29) is 17.1 Å². The lowest BCUT2D eigenvalue weighted by Crippen LogP contribution is -1.93. The average molecular weight is 301 g/mol. The van der Waals surface area contributed by atoms with Crippen LogP contribution in [0.1, 0.15) is 11.1 Å². The van der Waals surface area contributed by atoms with Crippen molar-refractivity contribution < 1.29 is 13.9 Å². The summed E-state index contributed by atoms with van der Waals surface area (Å²) in [6.07, 6.45) is 0. The maximum Gasteiger partial charge on any atom is 0.140 e. The smallest absolute Gasteiger partial charge is 0.140 e. The Kier molecular flexibility index (Phi) is 4.80. The van der Waals surface area contributed by atoms with Crippen LogP contribution in [0.5, 0.6) is 0 Å². The van der Waals surface area contributed by atoms with Gasteiger partial charge in [0.1, 0.15) is 11.6 Å². The summed E-state index contributed by atoms with van der Waals surface area (Å²) in [4.78, 5) is -0.0350. The summed E-state index contributed by atoms with van der Waals surface area (Å²) < 4.78 is 27.3. The van der Waals surface area contributed by atoms with E-state index < -0.39 is 11.6 Å². The first-order chi connectivity index (χ1) is 9.10. The minimum Gasteiger partial charge on any atom is -0.392 e. The van der Waals surface area contributed by atoms with Gasteiger partial charge >= 0.3 is 0 Å². The Balaban J connectivity index is 2.13. The molecule has 1 N–H and O–H groups in total. The molecule has 0 heterocycles. The van der Waals surface area contributed by atoms with Crippen LogP contribution in [-0.2, 0) is 12.4 Å². The summed E-state index contributed by atoms with van der Waals surface area (Å²) >= 11 is 6.84. The lowest BCUT2D eigenvalue weighted by Gasteiger charge is -2.07. The highest BCUT2D eigenvalue weighted by Crippen LogP contribution is 2.29. The second kappa shape index (κ2) is 6.37. The normalized spacial score (nSPS) is 10.7. The zero-order chi connectivity index (χ0) is 13.8. The second-order valence-electron chi connectivity index (χ2n) is 3.96. The molecule has 2 rings (SSSR count). The molecule has 0 unspecified atom stereocenters. The summed E-state index contributed by atoms with van der Waals surface area (Å²) in [5.41, 5.74) is 1.16. The molecule has 0 amide bonds. The fraction of sp³-hybridized carbons (Fsp3) is 0.143. The molecule has 0 saturated heterocycles. The van der Waals surface area contributed by atoms with Crippen LogP contribution in [0.15, 0.2) is 41.3 Å². The Morgan fingerprint density at radius 1 is 1.00 bits per heavy atom. The molecule has 0 radical (unpaired) electrons. The third kappa shape index (κ3) is 3.69. The van der Waals surface area contributed by atoms with Crippen molar-refractivity contribution >= 4 is 23.4 Å². The first-order valence-electron chi connectivity index (χ1n) is 5.56. The Morgan fingerprint density at radius 3 is 2.11 bits per heavy atom. The van der Waals surface area contributed by atoms with Gasteiger partial charge in [-0.15, -0.1) is 11.8 Å². The number of rotatable bonds is 4. The minimum atomic E-state index is -0.650. The molecule has 5 heteroatoms. The van der Waals surface area contributed by atoms with E-state index in [9.17, 15) is 8.78 Å². The van der Waals surface area contributed by atoms with Gasteiger partial charge < -0.3 is 5.11 Å². The van der Waals surface area contributed by atoms with Crippen LogP contribution in [0.4, 0.5) is 8.78 Å². The fourth-order valence-electron chi connectivity index (χ4n) is 1.58. The van der Waals surface area contributed by atoms with Gasteiger partial charge in [0.25, 0.3) is 0 Å². The van der Waals surface area contributed by atoms with Gasteiger partial charge in [-0.25, -0.2) is 8.78 Å². The fourth-order valence-corrected chi connectivity index (χ4v) is 2.60. The Hall–Kier alpha value is -1.10. The molecule has 0 spiro atoms. The lowest BCUT2D eigenvalue weighted by molar-refractivity contribution is 0.280. The van der Waals surface area contributed by atoms with Crippen LogP contribution in [0.2, 0.25) is 5.02 Å². The molecule has 0 aliphatic rings. The van der Waals surface area contributed by atoms with Crippen molar-refractivity contribution in [3.63, 3.8) is 0 Å². The number of aliphatic hydroxyl groups excluding tert-OH is 1. The van der Waals surface area contributed by atoms with E-state index in [0.29, 0.717) is 10.8 Å². The van der Waals surface area contributed by atoms with E-state index in [4.69, 9.17) is 16.7 Å². The molecule has 0 bridgehead atoms. The summed E-state index contributed by atoms with van der Waals surface area (Å²) in [7, 11) is 0. The number of thioether (sulfide) groups is 1. The number of hydrogen-bond acceptors (Lipinski definition) is 2. The predicted octanol–water partition coefficient (Wildman–Crippen LogP) is 4.40. The number of aliphatic hydroxyl groups is 1. The third-order valence-corrected chi connectivity index (χ3v) is 3.95. The van der Waals surface area contributed by atoms with E-state index in [1.807, 2.05) is 12.1 Å². The standard InChI is InChI=1S/C14H11ClF2OS/c15-11-3-1-9(2-4-11)8-19-14-12(16)5-10(7-18)6-13(14)17/h1-6,18H,7-8H2. The molecule has 0 aliphatic carbocycles. The van der Waals surface area contributed by atoms with E-state index in [2.05, 4.69) is 0 Å². The summed E-state index contributed by atoms with van der Waals surface area (Å²) in [6, 6.07) is 9.39. The van der Waals surface area contributed by atoms with Crippen LogP contribution in [-0.4, -0.2) is 5.11 Å². The van der Waals surface area contributed by atoms with E-state index in [1.165, 1.54) is 0 Å². The first kappa shape index (κ1) is 14.3. The van der Waals surface area contributed by atoms with Crippen molar-refractivity contribution in [2.75, 3.05) is 0 Å². The number of hydrogen-bond donors (Lipinski definition) is 1.